The van der Waals surface area contributed by atoms with Gasteiger partial charge in [-0.2, -0.15) is 0 Å². The maximum Gasteiger partial charge on any atom is 0.124 e. The highest BCUT2D eigenvalue weighted by Gasteiger charge is 2.13. The van der Waals surface area contributed by atoms with E-state index in [0.29, 0.717) is 6.42 Å². The normalized spacial score (nSPS) is 12.5. The van der Waals surface area contributed by atoms with Gasteiger partial charge in [-0.1, -0.05) is 50.1 Å². The molecule has 1 nitrogen and oxygen atoms in total. The van der Waals surface area contributed by atoms with E-state index in [1.807, 2.05) is 25.1 Å². The number of halogens is 3. The number of benzene rings is 2. The first-order valence-electron chi connectivity index (χ1n) is 5.93. The lowest BCUT2D eigenvalue weighted by atomic mass is 9.96. The lowest BCUT2D eigenvalue weighted by Gasteiger charge is -2.16. The maximum atomic E-state index is 13.1. The van der Waals surface area contributed by atoms with Crippen LogP contribution in [-0.4, -0.2) is 0 Å². The number of nitrogens with two attached hydrogens (primary N) is 1. The van der Waals surface area contributed by atoms with Crippen LogP contribution < -0.4 is 5.73 Å². The zero-order chi connectivity index (χ0) is 14.0. The van der Waals surface area contributed by atoms with Gasteiger partial charge in [-0.05, 0) is 48.2 Å². The van der Waals surface area contributed by atoms with E-state index in [0.717, 1.165) is 25.6 Å². The molecule has 2 aromatic rings. The van der Waals surface area contributed by atoms with Crippen molar-refractivity contribution in [3.63, 3.8) is 0 Å². The van der Waals surface area contributed by atoms with Gasteiger partial charge in [0.1, 0.15) is 5.82 Å². The van der Waals surface area contributed by atoms with Crippen molar-refractivity contribution in [3.8, 4) is 0 Å². The van der Waals surface area contributed by atoms with Gasteiger partial charge in [0.2, 0.25) is 0 Å². The van der Waals surface area contributed by atoms with Crippen molar-refractivity contribution in [2.45, 2.75) is 19.4 Å². The highest BCUT2D eigenvalue weighted by Crippen LogP contribution is 2.28. The van der Waals surface area contributed by atoms with E-state index >= 15 is 0 Å². The number of rotatable bonds is 3. The molecule has 0 amide bonds. The Kier molecular flexibility index (Phi) is 4.76. The molecule has 2 N–H and O–H groups in total. The van der Waals surface area contributed by atoms with Crippen LogP contribution in [0.2, 0.25) is 0 Å². The zero-order valence-corrected chi connectivity index (χ0v) is 13.6. The Labute approximate surface area is 129 Å². The number of hydrogen-bond donors (Lipinski definition) is 1. The Morgan fingerprint density at radius 3 is 2.58 bits per heavy atom. The molecule has 4 heteroatoms. The SMILES string of the molecule is Cc1c(Br)cccc1C(N)Cc1ccc(F)cc1Br. The van der Waals surface area contributed by atoms with Gasteiger partial charge in [0, 0.05) is 15.0 Å². The zero-order valence-electron chi connectivity index (χ0n) is 10.5. The molecule has 0 spiro atoms. The van der Waals surface area contributed by atoms with Crippen molar-refractivity contribution < 1.29 is 4.39 Å². The molecule has 0 aromatic heterocycles. The first-order chi connectivity index (χ1) is 8.99. The molecule has 0 bridgehead atoms. The molecule has 0 radical (unpaired) electrons. The fourth-order valence-electron chi connectivity index (χ4n) is 2.06. The van der Waals surface area contributed by atoms with Crippen LogP contribution in [-0.2, 0) is 6.42 Å². The lowest BCUT2D eigenvalue weighted by Crippen LogP contribution is -2.15. The standard InChI is InChI=1S/C15H14Br2FN/c1-9-12(3-2-4-13(9)16)15(19)7-10-5-6-11(18)8-14(10)17/h2-6,8,15H,7,19H2,1H3. The maximum absolute atomic E-state index is 13.1. The smallest absolute Gasteiger partial charge is 0.124 e. The summed E-state index contributed by atoms with van der Waals surface area (Å²) in [7, 11) is 0. The second-order valence-electron chi connectivity index (χ2n) is 4.50. The van der Waals surface area contributed by atoms with Crippen molar-refractivity contribution >= 4 is 31.9 Å². The van der Waals surface area contributed by atoms with E-state index in [4.69, 9.17) is 5.73 Å². The minimum atomic E-state index is -0.247. The Morgan fingerprint density at radius 2 is 1.89 bits per heavy atom. The third-order valence-corrected chi connectivity index (χ3v) is 4.76. The molecule has 0 fully saturated rings. The third-order valence-electron chi connectivity index (χ3n) is 3.16. The second kappa shape index (κ2) is 6.16. The highest BCUT2D eigenvalue weighted by molar-refractivity contribution is 9.10. The molecular formula is C15H14Br2FN. The van der Waals surface area contributed by atoms with Crippen LogP contribution in [0.3, 0.4) is 0 Å². The van der Waals surface area contributed by atoms with Crippen LogP contribution in [0.1, 0.15) is 22.7 Å². The molecular weight excluding hydrogens is 373 g/mol. The molecule has 2 aromatic carbocycles. The fourth-order valence-corrected chi connectivity index (χ4v) is 2.95. The molecule has 0 saturated carbocycles. The quantitative estimate of drug-likeness (QED) is 0.797. The molecule has 0 aliphatic carbocycles. The van der Waals surface area contributed by atoms with Crippen LogP contribution in [0, 0.1) is 12.7 Å². The largest absolute Gasteiger partial charge is 0.324 e. The monoisotopic (exact) mass is 385 g/mol. The van der Waals surface area contributed by atoms with E-state index in [1.54, 1.807) is 6.07 Å². The van der Waals surface area contributed by atoms with Gasteiger partial charge in [0.15, 0.2) is 0 Å². The van der Waals surface area contributed by atoms with Crippen molar-refractivity contribution in [3.05, 3.63) is 67.9 Å². The summed E-state index contributed by atoms with van der Waals surface area (Å²) in [4.78, 5) is 0. The van der Waals surface area contributed by atoms with Crippen molar-refractivity contribution in [2.24, 2.45) is 5.73 Å². The molecule has 1 unspecified atom stereocenters. The molecule has 1 atom stereocenters. The summed E-state index contributed by atoms with van der Waals surface area (Å²) < 4.78 is 14.9. The van der Waals surface area contributed by atoms with Crippen LogP contribution in [0.25, 0.3) is 0 Å². The Balaban J connectivity index is 2.25. The van der Waals surface area contributed by atoms with Gasteiger partial charge >= 0.3 is 0 Å². The van der Waals surface area contributed by atoms with Gasteiger partial charge in [-0.3, -0.25) is 0 Å². The minimum absolute atomic E-state index is 0.112. The molecule has 0 heterocycles. The predicted octanol–water partition coefficient (Wildman–Crippen LogP) is 4.90. The topological polar surface area (TPSA) is 26.0 Å². The average molecular weight is 387 g/mol. The lowest BCUT2D eigenvalue weighted by molar-refractivity contribution is 0.624. The summed E-state index contributed by atoms with van der Waals surface area (Å²) in [6.07, 6.45) is 0.665. The van der Waals surface area contributed by atoms with E-state index < -0.39 is 0 Å². The molecule has 0 saturated heterocycles. The first-order valence-corrected chi connectivity index (χ1v) is 7.52. The third kappa shape index (κ3) is 3.44. The molecule has 19 heavy (non-hydrogen) atoms. The van der Waals surface area contributed by atoms with E-state index in [1.165, 1.54) is 12.1 Å². The van der Waals surface area contributed by atoms with Gasteiger partial charge < -0.3 is 5.73 Å². The fraction of sp³-hybridized carbons (Fsp3) is 0.200. The highest BCUT2D eigenvalue weighted by atomic mass is 79.9. The second-order valence-corrected chi connectivity index (χ2v) is 6.21. The van der Waals surface area contributed by atoms with Crippen molar-refractivity contribution in [2.75, 3.05) is 0 Å². The molecule has 2 rings (SSSR count). The Bertz CT molecular complexity index is 599. The van der Waals surface area contributed by atoms with E-state index in [2.05, 4.69) is 31.9 Å². The summed E-state index contributed by atoms with van der Waals surface area (Å²) in [5.74, 6) is -0.247. The van der Waals surface area contributed by atoms with Gasteiger partial charge in [-0.15, -0.1) is 0 Å². The van der Waals surface area contributed by atoms with Crippen LogP contribution >= 0.6 is 31.9 Å². The summed E-state index contributed by atoms with van der Waals surface area (Å²) in [6, 6.07) is 10.6. The van der Waals surface area contributed by atoms with Gasteiger partial charge in [0.25, 0.3) is 0 Å². The Hall–Kier alpha value is -0.710. The predicted molar refractivity (Wildman–Crippen MR) is 83.6 cm³/mol. The first kappa shape index (κ1) is 14.7. The van der Waals surface area contributed by atoms with Gasteiger partial charge in [0.05, 0.1) is 0 Å². The van der Waals surface area contributed by atoms with E-state index in [9.17, 15) is 4.39 Å². The van der Waals surface area contributed by atoms with E-state index in [-0.39, 0.29) is 11.9 Å². The number of hydrogen-bond acceptors (Lipinski definition) is 1. The molecule has 100 valence electrons. The van der Waals surface area contributed by atoms with Gasteiger partial charge in [-0.25, -0.2) is 4.39 Å². The summed E-state index contributed by atoms with van der Waals surface area (Å²) in [6.45, 7) is 2.04. The molecule has 0 aliphatic heterocycles. The summed E-state index contributed by atoms with van der Waals surface area (Å²) >= 11 is 6.89. The van der Waals surface area contributed by atoms with Crippen LogP contribution in [0.5, 0.6) is 0 Å². The average Bonchev–Trinajstić information content (AvgIpc) is 2.36. The van der Waals surface area contributed by atoms with Crippen molar-refractivity contribution in [1.29, 1.82) is 0 Å². The van der Waals surface area contributed by atoms with Crippen LogP contribution in [0.4, 0.5) is 4.39 Å². The minimum Gasteiger partial charge on any atom is -0.324 e. The summed E-state index contributed by atoms with van der Waals surface area (Å²) in [5, 5.41) is 0. The Morgan fingerprint density at radius 1 is 1.16 bits per heavy atom. The van der Waals surface area contributed by atoms with Crippen molar-refractivity contribution in [1.82, 2.24) is 0 Å². The molecule has 0 aliphatic rings. The van der Waals surface area contributed by atoms with Crippen LogP contribution in [0.15, 0.2) is 45.3 Å². The summed E-state index contributed by atoms with van der Waals surface area (Å²) in [5.41, 5.74) is 9.52.